The van der Waals surface area contributed by atoms with Crippen LogP contribution in [0.3, 0.4) is 0 Å². The van der Waals surface area contributed by atoms with Crippen molar-refractivity contribution >= 4 is 11.8 Å². The predicted molar refractivity (Wildman–Crippen MR) is 78.8 cm³/mol. The summed E-state index contributed by atoms with van der Waals surface area (Å²) >= 11 is 0. The van der Waals surface area contributed by atoms with Crippen molar-refractivity contribution in [1.29, 1.82) is 0 Å². The monoisotopic (exact) mass is 346 g/mol. The fraction of sp³-hybridized carbons (Fsp3) is 0.500. The fourth-order valence-corrected chi connectivity index (χ4v) is 2.69. The predicted octanol–water partition coefficient (Wildman–Crippen LogP) is 2.66. The number of piperidine rings is 1. The molecular weight excluding hydrogens is 328 g/mol. The zero-order chi connectivity index (χ0) is 17.9. The van der Waals surface area contributed by atoms with Gasteiger partial charge in [0.1, 0.15) is 5.82 Å². The number of amides is 2. The van der Waals surface area contributed by atoms with Crippen molar-refractivity contribution in [2.45, 2.75) is 25.9 Å². The number of hydrogen-bond donors (Lipinski definition) is 1. The van der Waals surface area contributed by atoms with Crippen LogP contribution < -0.4 is 5.32 Å². The standard InChI is InChI=1S/C16H18F4N2O2/c1-10-2-3-12(17)8-13(10)14(23)21-9-11-4-6-22(7-5-11)15(24)16(18,19)20/h2-3,8,11H,4-7,9H2,1H3,(H,21,23). The molecule has 0 aliphatic carbocycles. The van der Waals surface area contributed by atoms with Crippen LogP contribution in [0.15, 0.2) is 18.2 Å². The highest BCUT2D eigenvalue weighted by molar-refractivity contribution is 5.95. The van der Waals surface area contributed by atoms with Crippen LogP contribution in [0.4, 0.5) is 17.6 Å². The van der Waals surface area contributed by atoms with E-state index < -0.39 is 23.8 Å². The Balaban J connectivity index is 1.83. The Bertz CT molecular complexity index is 623. The lowest BCUT2D eigenvalue weighted by Gasteiger charge is -2.32. The normalized spacial score (nSPS) is 16.1. The van der Waals surface area contributed by atoms with Crippen LogP contribution in [-0.2, 0) is 4.79 Å². The van der Waals surface area contributed by atoms with E-state index in [9.17, 15) is 27.2 Å². The Hall–Kier alpha value is -2.12. The summed E-state index contributed by atoms with van der Waals surface area (Å²) in [5.74, 6) is -2.76. The molecule has 1 aliphatic rings. The van der Waals surface area contributed by atoms with E-state index in [0.717, 1.165) is 11.0 Å². The molecule has 1 N–H and O–H groups in total. The van der Waals surface area contributed by atoms with E-state index in [0.29, 0.717) is 18.4 Å². The van der Waals surface area contributed by atoms with Gasteiger partial charge in [0.15, 0.2) is 0 Å². The van der Waals surface area contributed by atoms with Gasteiger partial charge in [0, 0.05) is 25.2 Å². The summed E-state index contributed by atoms with van der Waals surface area (Å²) in [6, 6.07) is 3.92. The van der Waals surface area contributed by atoms with Gasteiger partial charge in [-0.05, 0) is 43.4 Å². The van der Waals surface area contributed by atoms with E-state index in [1.54, 1.807) is 6.92 Å². The quantitative estimate of drug-likeness (QED) is 0.856. The Morgan fingerprint density at radius 1 is 1.25 bits per heavy atom. The molecule has 1 aromatic carbocycles. The van der Waals surface area contributed by atoms with E-state index in [-0.39, 0.29) is 31.1 Å². The van der Waals surface area contributed by atoms with Gasteiger partial charge in [-0.1, -0.05) is 6.07 Å². The highest BCUT2D eigenvalue weighted by Gasteiger charge is 2.43. The molecule has 0 saturated carbocycles. The molecule has 24 heavy (non-hydrogen) atoms. The van der Waals surface area contributed by atoms with E-state index in [1.165, 1.54) is 12.1 Å². The van der Waals surface area contributed by atoms with Crippen molar-refractivity contribution in [3.63, 3.8) is 0 Å². The third kappa shape index (κ3) is 4.46. The first-order chi connectivity index (χ1) is 11.2. The highest BCUT2D eigenvalue weighted by Crippen LogP contribution is 2.23. The van der Waals surface area contributed by atoms with Crippen molar-refractivity contribution in [3.05, 3.63) is 35.1 Å². The highest BCUT2D eigenvalue weighted by atomic mass is 19.4. The zero-order valence-electron chi connectivity index (χ0n) is 13.1. The summed E-state index contributed by atoms with van der Waals surface area (Å²) in [5, 5.41) is 2.68. The van der Waals surface area contributed by atoms with Gasteiger partial charge in [-0.2, -0.15) is 13.2 Å². The van der Waals surface area contributed by atoms with Crippen molar-refractivity contribution in [2.75, 3.05) is 19.6 Å². The van der Waals surface area contributed by atoms with Crippen molar-refractivity contribution in [1.82, 2.24) is 10.2 Å². The zero-order valence-corrected chi connectivity index (χ0v) is 13.1. The number of rotatable bonds is 3. The number of alkyl halides is 3. The van der Waals surface area contributed by atoms with Gasteiger partial charge < -0.3 is 10.2 Å². The second-order valence-electron chi connectivity index (χ2n) is 5.90. The molecule has 8 heteroatoms. The average Bonchev–Trinajstić information content (AvgIpc) is 2.53. The maximum absolute atomic E-state index is 13.2. The van der Waals surface area contributed by atoms with Crippen LogP contribution in [-0.4, -0.2) is 42.5 Å². The topological polar surface area (TPSA) is 49.4 Å². The number of halogens is 4. The molecule has 1 fully saturated rings. The van der Waals surface area contributed by atoms with Crippen LogP contribution in [0.25, 0.3) is 0 Å². The number of carbonyl (C=O) groups excluding carboxylic acids is 2. The lowest BCUT2D eigenvalue weighted by atomic mass is 9.96. The summed E-state index contributed by atoms with van der Waals surface area (Å²) in [6.07, 6.45) is -4.09. The van der Waals surface area contributed by atoms with Gasteiger partial charge in [0.25, 0.3) is 5.91 Å². The maximum atomic E-state index is 13.2. The Morgan fingerprint density at radius 2 is 1.88 bits per heavy atom. The van der Waals surface area contributed by atoms with Crippen LogP contribution in [0.1, 0.15) is 28.8 Å². The molecule has 132 valence electrons. The molecular formula is C16H18F4N2O2. The number of carbonyl (C=O) groups is 2. The second kappa shape index (κ2) is 7.19. The number of benzene rings is 1. The minimum atomic E-state index is -4.85. The minimum Gasteiger partial charge on any atom is -0.352 e. The van der Waals surface area contributed by atoms with Crippen LogP contribution >= 0.6 is 0 Å². The average molecular weight is 346 g/mol. The first-order valence-electron chi connectivity index (χ1n) is 7.59. The van der Waals surface area contributed by atoms with E-state index in [1.807, 2.05) is 0 Å². The largest absolute Gasteiger partial charge is 0.471 e. The summed E-state index contributed by atoms with van der Waals surface area (Å²) in [5.41, 5.74) is 0.874. The molecule has 1 heterocycles. The van der Waals surface area contributed by atoms with E-state index in [4.69, 9.17) is 0 Å². The number of nitrogens with zero attached hydrogens (tertiary/aromatic N) is 1. The summed E-state index contributed by atoms with van der Waals surface area (Å²) in [6.45, 7) is 1.99. The molecule has 1 saturated heterocycles. The first kappa shape index (κ1) is 18.2. The lowest BCUT2D eigenvalue weighted by Crippen LogP contribution is -2.46. The molecule has 0 aromatic heterocycles. The minimum absolute atomic E-state index is 0.0118. The molecule has 4 nitrogen and oxygen atoms in total. The smallest absolute Gasteiger partial charge is 0.352 e. The van der Waals surface area contributed by atoms with Gasteiger partial charge >= 0.3 is 12.1 Å². The Morgan fingerprint density at radius 3 is 2.46 bits per heavy atom. The second-order valence-corrected chi connectivity index (χ2v) is 5.90. The number of aryl methyl sites for hydroxylation is 1. The number of likely N-dealkylation sites (tertiary alicyclic amines) is 1. The number of nitrogens with one attached hydrogen (secondary N) is 1. The van der Waals surface area contributed by atoms with Gasteiger partial charge in [0.05, 0.1) is 0 Å². The molecule has 1 aliphatic heterocycles. The molecule has 0 bridgehead atoms. The molecule has 0 radical (unpaired) electrons. The summed E-state index contributed by atoms with van der Waals surface area (Å²) < 4.78 is 50.3. The third-order valence-electron chi connectivity index (χ3n) is 4.14. The summed E-state index contributed by atoms with van der Waals surface area (Å²) in [7, 11) is 0. The summed E-state index contributed by atoms with van der Waals surface area (Å²) in [4.78, 5) is 24.0. The molecule has 0 unspecified atom stereocenters. The number of hydrogen-bond acceptors (Lipinski definition) is 2. The fourth-order valence-electron chi connectivity index (χ4n) is 2.69. The van der Waals surface area contributed by atoms with Crippen molar-refractivity contribution in [3.8, 4) is 0 Å². The van der Waals surface area contributed by atoms with Crippen molar-refractivity contribution in [2.24, 2.45) is 5.92 Å². The van der Waals surface area contributed by atoms with Crippen LogP contribution in [0.5, 0.6) is 0 Å². The third-order valence-corrected chi connectivity index (χ3v) is 4.14. The molecule has 2 rings (SSSR count). The van der Waals surface area contributed by atoms with Gasteiger partial charge in [0.2, 0.25) is 0 Å². The molecule has 0 spiro atoms. The molecule has 2 amide bonds. The van der Waals surface area contributed by atoms with Crippen molar-refractivity contribution < 1.29 is 27.2 Å². The Labute approximate surface area is 136 Å². The van der Waals surface area contributed by atoms with Crippen LogP contribution in [0.2, 0.25) is 0 Å². The SMILES string of the molecule is Cc1ccc(F)cc1C(=O)NCC1CCN(C(=O)C(F)(F)F)CC1. The van der Waals surface area contributed by atoms with Crippen LogP contribution in [0, 0.1) is 18.7 Å². The maximum Gasteiger partial charge on any atom is 0.471 e. The molecule has 0 atom stereocenters. The lowest BCUT2D eigenvalue weighted by molar-refractivity contribution is -0.186. The van der Waals surface area contributed by atoms with E-state index in [2.05, 4.69) is 5.32 Å². The van der Waals surface area contributed by atoms with Gasteiger partial charge in [-0.25, -0.2) is 4.39 Å². The Kier molecular flexibility index (Phi) is 5.46. The first-order valence-corrected chi connectivity index (χ1v) is 7.59. The van der Waals surface area contributed by atoms with Gasteiger partial charge in [-0.3, -0.25) is 9.59 Å². The molecule has 1 aromatic rings. The van der Waals surface area contributed by atoms with Gasteiger partial charge in [-0.15, -0.1) is 0 Å². The van der Waals surface area contributed by atoms with E-state index >= 15 is 0 Å².